The van der Waals surface area contributed by atoms with Crippen LogP contribution in [0.2, 0.25) is 0 Å². The summed E-state index contributed by atoms with van der Waals surface area (Å²) >= 11 is 0. The van der Waals surface area contributed by atoms with E-state index in [-0.39, 0.29) is 0 Å². The van der Waals surface area contributed by atoms with Crippen molar-refractivity contribution in [3.05, 3.63) is 41.5 Å². The predicted molar refractivity (Wildman–Crippen MR) is 74.9 cm³/mol. The molecule has 4 nitrogen and oxygen atoms in total. The minimum absolute atomic E-state index is 0.689. The standard InChI is InChI=1S/C15H19N3O/c1-3-19-13-6-4-5-12(9-13)18-11(2)17-14-10-16-8-7-15(14)18/h4-6,9,16H,3,7-8,10H2,1-2H3. The van der Waals surface area contributed by atoms with E-state index >= 15 is 0 Å². The second kappa shape index (κ2) is 5.05. The molecule has 0 unspecified atom stereocenters. The fourth-order valence-corrected chi connectivity index (χ4v) is 2.67. The number of rotatable bonds is 3. The van der Waals surface area contributed by atoms with Crippen molar-refractivity contribution in [1.29, 1.82) is 0 Å². The highest BCUT2D eigenvalue weighted by Crippen LogP contribution is 2.23. The molecule has 3 rings (SSSR count). The SMILES string of the molecule is CCOc1cccc(-n2c(C)nc3c2CCNC3)c1. The van der Waals surface area contributed by atoms with Crippen molar-refractivity contribution < 1.29 is 4.74 Å². The Morgan fingerprint density at radius 2 is 2.32 bits per heavy atom. The van der Waals surface area contributed by atoms with Crippen LogP contribution >= 0.6 is 0 Å². The first-order chi connectivity index (χ1) is 9.29. The van der Waals surface area contributed by atoms with Crippen molar-refractivity contribution in [2.45, 2.75) is 26.8 Å². The molecule has 19 heavy (non-hydrogen) atoms. The average molecular weight is 257 g/mol. The van der Waals surface area contributed by atoms with Gasteiger partial charge in [-0.3, -0.25) is 0 Å². The van der Waals surface area contributed by atoms with Crippen molar-refractivity contribution in [2.75, 3.05) is 13.2 Å². The quantitative estimate of drug-likeness (QED) is 0.916. The van der Waals surface area contributed by atoms with Gasteiger partial charge in [-0.05, 0) is 26.0 Å². The number of aryl methyl sites for hydroxylation is 1. The molecule has 0 saturated carbocycles. The Labute approximate surface area is 113 Å². The Kier molecular flexibility index (Phi) is 3.25. The highest BCUT2D eigenvalue weighted by Gasteiger charge is 2.18. The van der Waals surface area contributed by atoms with E-state index in [1.165, 1.54) is 11.4 Å². The van der Waals surface area contributed by atoms with Crippen LogP contribution in [0.5, 0.6) is 5.75 Å². The number of nitrogens with zero attached hydrogens (tertiary/aromatic N) is 2. The van der Waals surface area contributed by atoms with Gasteiger partial charge in [0.05, 0.1) is 18.0 Å². The fourth-order valence-electron chi connectivity index (χ4n) is 2.67. The van der Waals surface area contributed by atoms with Gasteiger partial charge in [0, 0.05) is 31.3 Å². The minimum atomic E-state index is 0.689. The third-order valence-electron chi connectivity index (χ3n) is 3.44. The first-order valence-corrected chi connectivity index (χ1v) is 6.80. The van der Waals surface area contributed by atoms with Gasteiger partial charge in [0.2, 0.25) is 0 Å². The highest BCUT2D eigenvalue weighted by molar-refractivity contribution is 5.43. The Morgan fingerprint density at radius 3 is 3.16 bits per heavy atom. The van der Waals surface area contributed by atoms with Gasteiger partial charge in [0.15, 0.2) is 0 Å². The van der Waals surface area contributed by atoms with E-state index < -0.39 is 0 Å². The molecule has 0 fully saturated rings. The molecule has 2 heterocycles. The van der Waals surface area contributed by atoms with Gasteiger partial charge in [0.1, 0.15) is 11.6 Å². The topological polar surface area (TPSA) is 39.1 Å². The molecular weight excluding hydrogens is 238 g/mol. The molecular formula is C15H19N3O. The van der Waals surface area contributed by atoms with Crippen LogP contribution in [-0.2, 0) is 13.0 Å². The molecule has 1 aliphatic heterocycles. The maximum Gasteiger partial charge on any atom is 0.121 e. The lowest BCUT2D eigenvalue weighted by Gasteiger charge is -2.16. The van der Waals surface area contributed by atoms with Crippen molar-refractivity contribution >= 4 is 0 Å². The Morgan fingerprint density at radius 1 is 1.42 bits per heavy atom. The summed E-state index contributed by atoms with van der Waals surface area (Å²) in [4.78, 5) is 4.66. The number of imidazole rings is 1. The summed E-state index contributed by atoms with van der Waals surface area (Å²) < 4.78 is 7.83. The van der Waals surface area contributed by atoms with Crippen LogP contribution in [-0.4, -0.2) is 22.7 Å². The van der Waals surface area contributed by atoms with Crippen LogP contribution in [0, 0.1) is 6.92 Å². The number of hydrogen-bond acceptors (Lipinski definition) is 3. The van der Waals surface area contributed by atoms with E-state index in [1.54, 1.807) is 0 Å². The zero-order chi connectivity index (χ0) is 13.2. The first-order valence-electron chi connectivity index (χ1n) is 6.80. The number of aromatic nitrogens is 2. The van der Waals surface area contributed by atoms with Crippen LogP contribution in [0.4, 0.5) is 0 Å². The van der Waals surface area contributed by atoms with Crippen molar-refractivity contribution in [1.82, 2.24) is 14.9 Å². The van der Waals surface area contributed by atoms with Gasteiger partial charge in [-0.15, -0.1) is 0 Å². The lowest BCUT2D eigenvalue weighted by atomic mass is 10.1. The molecule has 100 valence electrons. The molecule has 0 spiro atoms. The average Bonchev–Trinajstić information content (AvgIpc) is 2.75. The maximum absolute atomic E-state index is 5.58. The van der Waals surface area contributed by atoms with Crippen molar-refractivity contribution in [3.8, 4) is 11.4 Å². The third-order valence-corrected chi connectivity index (χ3v) is 3.44. The molecule has 2 aromatic rings. The lowest BCUT2D eigenvalue weighted by molar-refractivity contribution is 0.340. The van der Waals surface area contributed by atoms with Gasteiger partial charge >= 0.3 is 0 Å². The minimum Gasteiger partial charge on any atom is -0.494 e. The second-order valence-corrected chi connectivity index (χ2v) is 4.74. The molecule has 0 atom stereocenters. The number of benzene rings is 1. The monoisotopic (exact) mass is 257 g/mol. The number of fused-ring (bicyclic) bond motifs is 1. The van der Waals surface area contributed by atoms with Crippen LogP contribution in [0.25, 0.3) is 5.69 Å². The predicted octanol–water partition coefficient (Wildman–Crippen LogP) is 2.23. The Hall–Kier alpha value is -1.81. The number of ether oxygens (including phenoxy) is 1. The molecule has 0 amide bonds. The lowest BCUT2D eigenvalue weighted by Crippen LogP contribution is -2.24. The molecule has 1 aliphatic rings. The fraction of sp³-hybridized carbons (Fsp3) is 0.400. The van der Waals surface area contributed by atoms with Gasteiger partial charge in [-0.2, -0.15) is 0 Å². The van der Waals surface area contributed by atoms with Crippen LogP contribution in [0.15, 0.2) is 24.3 Å². The van der Waals surface area contributed by atoms with Gasteiger partial charge in [-0.25, -0.2) is 4.98 Å². The Balaban J connectivity index is 2.06. The summed E-state index contributed by atoms with van der Waals surface area (Å²) in [6, 6.07) is 8.22. The van der Waals surface area contributed by atoms with E-state index in [4.69, 9.17) is 4.74 Å². The second-order valence-electron chi connectivity index (χ2n) is 4.74. The number of hydrogen-bond donors (Lipinski definition) is 1. The van der Waals surface area contributed by atoms with Crippen LogP contribution < -0.4 is 10.1 Å². The summed E-state index contributed by atoms with van der Waals surface area (Å²) in [7, 11) is 0. The van der Waals surface area contributed by atoms with Gasteiger partial charge < -0.3 is 14.6 Å². The normalized spacial score (nSPS) is 14.2. The molecule has 0 bridgehead atoms. The number of nitrogens with one attached hydrogen (secondary N) is 1. The molecule has 1 N–H and O–H groups in total. The zero-order valence-electron chi connectivity index (χ0n) is 11.4. The molecule has 0 radical (unpaired) electrons. The highest BCUT2D eigenvalue weighted by atomic mass is 16.5. The zero-order valence-corrected chi connectivity index (χ0v) is 11.4. The summed E-state index contributed by atoms with van der Waals surface area (Å²) in [5.74, 6) is 1.96. The first kappa shape index (κ1) is 12.2. The molecule has 4 heteroatoms. The molecule has 0 saturated heterocycles. The van der Waals surface area contributed by atoms with Crippen molar-refractivity contribution in [2.24, 2.45) is 0 Å². The van der Waals surface area contributed by atoms with E-state index in [2.05, 4.69) is 33.9 Å². The largest absolute Gasteiger partial charge is 0.494 e. The van der Waals surface area contributed by atoms with Crippen molar-refractivity contribution in [3.63, 3.8) is 0 Å². The van der Waals surface area contributed by atoms with Gasteiger partial charge in [-0.1, -0.05) is 6.07 Å². The molecule has 1 aromatic carbocycles. The van der Waals surface area contributed by atoms with E-state index in [9.17, 15) is 0 Å². The summed E-state index contributed by atoms with van der Waals surface area (Å²) in [6.45, 7) is 6.64. The smallest absolute Gasteiger partial charge is 0.121 e. The summed E-state index contributed by atoms with van der Waals surface area (Å²) in [5, 5.41) is 3.36. The molecule has 0 aliphatic carbocycles. The van der Waals surface area contributed by atoms with Gasteiger partial charge in [0.25, 0.3) is 0 Å². The van der Waals surface area contributed by atoms with E-state index in [0.29, 0.717) is 6.61 Å². The van der Waals surface area contributed by atoms with E-state index in [0.717, 1.165) is 36.8 Å². The van der Waals surface area contributed by atoms with Crippen LogP contribution in [0.3, 0.4) is 0 Å². The summed E-state index contributed by atoms with van der Waals surface area (Å²) in [6.07, 6.45) is 1.02. The molecule has 1 aromatic heterocycles. The van der Waals surface area contributed by atoms with Crippen LogP contribution in [0.1, 0.15) is 24.1 Å². The third kappa shape index (κ3) is 2.24. The maximum atomic E-state index is 5.58. The van der Waals surface area contributed by atoms with E-state index in [1.807, 2.05) is 19.1 Å². The Bertz CT molecular complexity index is 589. The summed E-state index contributed by atoms with van der Waals surface area (Å²) in [5.41, 5.74) is 3.63.